The van der Waals surface area contributed by atoms with E-state index in [1.807, 2.05) is 4.18 Å². The molecular weight excluding hydrogens is 285 g/mol. The van der Waals surface area contributed by atoms with Gasteiger partial charge in [-0.1, -0.05) is 0 Å². The van der Waals surface area contributed by atoms with E-state index in [9.17, 15) is 39.2 Å². The van der Waals surface area contributed by atoms with Crippen LogP contribution in [0.1, 0.15) is 0 Å². The van der Waals surface area contributed by atoms with Gasteiger partial charge in [0, 0.05) is 0 Å². The maximum Gasteiger partial charge on any atom is 0.523 e. The smallest absolute Gasteiger partial charge is 0.189 e. The van der Waals surface area contributed by atoms with Crippen molar-refractivity contribution in [2.24, 2.45) is 0 Å². The average Bonchev–Trinajstić information content (AvgIpc) is 1.77. The maximum atomic E-state index is 12.0. The fourth-order valence-electron chi connectivity index (χ4n) is 0.232. The molecule has 0 aliphatic heterocycles. The van der Waals surface area contributed by atoms with Gasteiger partial charge in [0.15, 0.2) is 0 Å². The van der Waals surface area contributed by atoms with E-state index in [-0.39, 0.29) is 0 Å². The van der Waals surface area contributed by atoms with Crippen molar-refractivity contribution in [3.05, 3.63) is 0 Å². The van der Waals surface area contributed by atoms with Gasteiger partial charge in [-0.25, -0.2) is 0 Å². The fraction of sp³-hybridized carbons (Fsp3) is 1.00. The van der Waals surface area contributed by atoms with Crippen LogP contribution in [-0.2, 0) is 14.3 Å². The Balaban J connectivity index is 5.08. The van der Waals surface area contributed by atoms with Crippen LogP contribution in [0.5, 0.6) is 0 Å². The SMILES string of the molecule is O=S(=O)(OC(F)(F)C(F)(F)Cl)C(F)(F)F. The van der Waals surface area contributed by atoms with E-state index in [2.05, 4.69) is 11.6 Å². The molecule has 0 atom stereocenters. The molecule has 12 heteroatoms. The molecule has 0 bridgehead atoms. The summed E-state index contributed by atoms with van der Waals surface area (Å²) in [5.74, 6) is 0. The third-order valence-electron chi connectivity index (χ3n) is 0.828. The Morgan fingerprint density at radius 3 is 1.47 bits per heavy atom. The lowest BCUT2D eigenvalue weighted by molar-refractivity contribution is -0.275. The van der Waals surface area contributed by atoms with E-state index in [4.69, 9.17) is 0 Å². The van der Waals surface area contributed by atoms with E-state index in [1.165, 1.54) is 0 Å². The van der Waals surface area contributed by atoms with Crippen molar-refractivity contribution < 1.29 is 43.3 Å². The standard InChI is InChI=1S/C3ClF7O3S/c4-1(5,6)2(7,8)14-15(12,13)3(9,10)11. The van der Waals surface area contributed by atoms with Crippen molar-refractivity contribution >= 4 is 21.7 Å². The number of hydrogen-bond donors (Lipinski definition) is 0. The zero-order valence-corrected chi connectivity index (χ0v) is 7.73. The summed E-state index contributed by atoms with van der Waals surface area (Å²) in [6.07, 6.45) is -6.00. The zero-order chi connectivity index (χ0) is 12.7. The van der Waals surface area contributed by atoms with Crippen LogP contribution >= 0.6 is 11.6 Å². The minimum atomic E-state index is -6.85. The molecular formula is C3ClF7O3S. The molecule has 0 rings (SSSR count). The monoisotopic (exact) mass is 284 g/mol. The van der Waals surface area contributed by atoms with E-state index >= 15 is 0 Å². The second-order valence-electron chi connectivity index (χ2n) is 2.00. The number of halogens is 8. The van der Waals surface area contributed by atoms with Crippen molar-refractivity contribution in [3.8, 4) is 0 Å². The Kier molecular flexibility index (Phi) is 3.56. The van der Waals surface area contributed by atoms with Gasteiger partial charge < -0.3 is 0 Å². The van der Waals surface area contributed by atoms with Crippen LogP contribution < -0.4 is 0 Å². The molecule has 92 valence electrons. The second kappa shape index (κ2) is 3.63. The van der Waals surface area contributed by atoms with Gasteiger partial charge in [0.25, 0.3) is 0 Å². The second-order valence-corrected chi connectivity index (χ2v) is 4.01. The van der Waals surface area contributed by atoms with E-state index in [0.29, 0.717) is 0 Å². The Morgan fingerprint density at radius 2 is 1.27 bits per heavy atom. The predicted molar refractivity (Wildman–Crippen MR) is 31.8 cm³/mol. The van der Waals surface area contributed by atoms with Crippen LogP contribution in [-0.4, -0.2) is 25.4 Å². The van der Waals surface area contributed by atoms with Crippen LogP contribution in [0, 0.1) is 0 Å². The van der Waals surface area contributed by atoms with E-state index in [1.54, 1.807) is 0 Å². The van der Waals surface area contributed by atoms with Crippen LogP contribution in [0.15, 0.2) is 0 Å². The minimum Gasteiger partial charge on any atom is -0.189 e. The fourth-order valence-corrected chi connectivity index (χ4v) is 0.791. The molecule has 0 spiro atoms. The van der Waals surface area contributed by atoms with Gasteiger partial charge in [-0.05, 0) is 11.6 Å². The molecule has 0 saturated carbocycles. The minimum absolute atomic E-state index is 1.99. The molecule has 0 aromatic carbocycles. The maximum absolute atomic E-state index is 12.0. The summed E-state index contributed by atoms with van der Waals surface area (Å²) in [6, 6.07) is 0. The van der Waals surface area contributed by atoms with Crippen molar-refractivity contribution in [2.75, 3.05) is 0 Å². The molecule has 0 radical (unpaired) electrons. The highest BCUT2D eigenvalue weighted by Gasteiger charge is 2.64. The first-order valence-corrected chi connectivity index (χ1v) is 4.46. The number of alkyl halides is 8. The molecule has 0 heterocycles. The molecule has 0 aliphatic carbocycles. The summed E-state index contributed by atoms with van der Waals surface area (Å²) < 4.78 is 103. The first-order valence-electron chi connectivity index (χ1n) is 2.67. The molecule has 0 aromatic rings. The molecule has 15 heavy (non-hydrogen) atoms. The van der Waals surface area contributed by atoms with Crippen molar-refractivity contribution in [1.82, 2.24) is 0 Å². The summed E-state index contributed by atoms with van der Waals surface area (Å²) in [5, 5.41) is -5.59. The van der Waals surface area contributed by atoms with Crippen LogP contribution in [0.3, 0.4) is 0 Å². The van der Waals surface area contributed by atoms with Crippen molar-refractivity contribution in [2.45, 2.75) is 17.0 Å². The Hall–Kier alpha value is -0.290. The molecule has 0 N–H and O–H groups in total. The largest absolute Gasteiger partial charge is 0.523 e. The lowest BCUT2D eigenvalue weighted by Crippen LogP contribution is -2.43. The van der Waals surface area contributed by atoms with Crippen LogP contribution in [0.4, 0.5) is 30.7 Å². The highest BCUT2D eigenvalue weighted by molar-refractivity contribution is 7.87. The van der Waals surface area contributed by atoms with Gasteiger partial charge in [-0.2, -0.15) is 43.3 Å². The number of hydrogen-bond acceptors (Lipinski definition) is 3. The molecule has 0 aromatic heterocycles. The number of rotatable bonds is 3. The summed E-state index contributed by atoms with van der Waals surface area (Å²) in [7, 11) is -6.85. The summed E-state index contributed by atoms with van der Waals surface area (Å²) >= 11 is 3.64. The Morgan fingerprint density at radius 1 is 0.933 bits per heavy atom. The normalized spacial score (nSPS) is 15.5. The summed E-state index contributed by atoms with van der Waals surface area (Å²) in [6.45, 7) is 0. The Labute approximate surface area is 82.9 Å². The van der Waals surface area contributed by atoms with Gasteiger partial charge in [0.05, 0.1) is 0 Å². The lowest BCUT2D eigenvalue weighted by Gasteiger charge is -2.20. The average molecular weight is 285 g/mol. The first-order chi connectivity index (χ1) is 6.21. The van der Waals surface area contributed by atoms with Gasteiger partial charge in [0.1, 0.15) is 0 Å². The molecule has 0 amide bonds. The van der Waals surface area contributed by atoms with Gasteiger partial charge >= 0.3 is 27.1 Å². The summed E-state index contributed by atoms with van der Waals surface area (Å²) in [4.78, 5) is 0. The first kappa shape index (κ1) is 14.7. The predicted octanol–water partition coefficient (Wildman–Crippen LogP) is 2.28. The Bertz CT molecular complexity index is 326. The van der Waals surface area contributed by atoms with Crippen molar-refractivity contribution in [1.29, 1.82) is 0 Å². The molecule has 0 saturated heterocycles. The van der Waals surface area contributed by atoms with E-state index in [0.717, 1.165) is 0 Å². The van der Waals surface area contributed by atoms with Crippen molar-refractivity contribution in [3.63, 3.8) is 0 Å². The van der Waals surface area contributed by atoms with E-state index < -0.39 is 27.1 Å². The molecule has 3 nitrogen and oxygen atoms in total. The lowest BCUT2D eigenvalue weighted by atomic mass is 10.7. The highest BCUT2D eigenvalue weighted by atomic mass is 35.5. The zero-order valence-electron chi connectivity index (χ0n) is 6.16. The highest BCUT2D eigenvalue weighted by Crippen LogP contribution is 2.42. The van der Waals surface area contributed by atoms with Gasteiger partial charge in [0.2, 0.25) is 0 Å². The van der Waals surface area contributed by atoms with Gasteiger partial charge in [-0.3, -0.25) is 0 Å². The molecule has 0 unspecified atom stereocenters. The topological polar surface area (TPSA) is 43.4 Å². The van der Waals surface area contributed by atoms with Crippen LogP contribution in [0.2, 0.25) is 0 Å². The molecule has 0 fully saturated rings. The third kappa shape index (κ3) is 3.34. The van der Waals surface area contributed by atoms with Gasteiger partial charge in [-0.15, -0.1) is 0 Å². The quantitative estimate of drug-likeness (QED) is 0.346. The third-order valence-corrected chi connectivity index (χ3v) is 2.04. The summed E-state index contributed by atoms with van der Waals surface area (Å²) in [5.41, 5.74) is -6.25. The van der Waals surface area contributed by atoms with Crippen LogP contribution in [0.25, 0.3) is 0 Å². The molecule has 0 aliphatic rings.